The van der Waals surface area contributed by atoms with Crippen molar-refractivity contribution in [3.63, 3.8) is 0 Å². The predicted octanol–water partition coefficient (Wildman–Crippen LogP) is 2.39. The van der Waals surface area contributed by atoms with E-state index in [1.54, 1.807) is 0 Å². The molecule has 1 saturated carbocycles. The topological polar surface area (TPSA) is 41.6 Å². The SMILES string of the molecule is CC(C)(C)OC(=O)N(C[C@H]1CCCNC1)C1CC1. The van der Waals surface area contributed by atoms with Gasteiger partial charge >= 0.3 is 6.09 Å². The smallest absolute Gasteiger partial charge is 0.410 e. The fraction of sp³-hybridized carbons (Fsp3) is 0.929. The molecule has 1 heterocycles. The first kappa shape index (κ1) is 13.7. The Bertz CT molecular complexity index is 289. The van der Waals surface area contributed by atoms with Crippen LogP contribution in [0.15, 0.2) is 0 Å². The van der Waals surface area contributed by atoms with E-state index in [2.05, 4.69) is 5.32 Å². The zero-order valence-electron chi connectivity index (χ0n) is 11.9. The van der Waals surface area contributed by atoms with E-state index in [-0.39, 0.29) is 6.09 Å². The van der Waals surface area contributed by atoms with E-state index in [4.69, 9.17) is 4.74 Å². The van der Waals surface area contributed by atoms with Gasteiger partial charge in [0.1, 0.15) is 5.60 Å². The number of piperidine rings is 1. The molecule has 0 aromatic rings. The van der Waals surface area contributed by atoms with Crippen LogP contribution in [0.5, 0.6) is 0 Å². The zero-order chi connectivity index (χ0) is 13.2. The van der Waals surface area contributed by atoms with Crippen LogP contribution < -0.4 is 5.32 Å². The van der Waals surface area contributed by atoms with Gasteiger partial charge in [0, 0.05) is 12.6 Å². The number of ether oxygens (including phenoxy) is 1. The lowest BCUT2D eigenvalue weighted by molar-refractivity contribution is 0.0195. The number of hydrogen-bond acceptors (Lipinski definition) is 3. The summed E-state index contributed by atoms with van der Waals surface area (Å²) in [5, 5.41) is 3.41. The zero-order valence-corrected chi connectivity index (χ0v) is 11.9. The summed E-state index contributed by atoms with van der Waals surface area (Å²) in [5.74, 6) is 0.590. The van der Waals surface area contributed by atoms with Crippen molar-refractivity contribution < 1.29 is 9.53 Å². The summed E-state index contributed by atoms with van der Waals surface area (Å²) < 4.78 is 5.51. The number of nitrogens with one attached hydrogen (secondary N) is 1. The van der Waals surface area contributed by atoms with Crippen molar-refractivity contribution in [3.8, 4) is 0 Å². The summed E-state index contributed by atoms with van der Waals surface area (Å²) in [5.41, 5.74) is -0.394. The van der Waals surface area contributed by atoms with Crippen LogP contribution in [0.3, 0.4) is 0 Å². The van der Waals surface area contributed by atoms with E-state index in [0.29, 0.717) is 12.0 Å². The lowest BCUT2D eigenvalue weighted by Gasteiger charge is -2.32. The standard InChI is InChI=1S/C14H26N2O2/c1-14(2,3)18-13(17)16(12-6-7-12)10-11-5-4-8-15-9-11/h11-12,15H,4-10H2,1-3H3/t11-/m0/s1. The predicted molar refractivity (Wildman–Crippen MR) is 71.6 cm³/mol. The maximum Gasteiger partial charge on any atom is 0.410 e. The van der Waals surface area contributed by atoms with Crippen LogP contribution in [-0.2, 0) is 4.74 Å². The van der Waals surface area contributed by atoms with Gasteiger partial charge in [-0.2, -0.15) is 0 Å². The lowest BCUT2D eigenvalue weighted by Crippen LogP contribution is -2.44. The molecule has 2 rings (SSSR count). The Morgan fingerprint density at radius 1 is 1.33 bits per heavy atom. The second kappa shape index (κ2) is 5.47. The number of amides is 1. The van der Waals surface area contributed by atoms with Crippen LogP contribution in [-0.4, -0.2) is 42.3 Å². The highest BCUT2D eigenvalue weighted by Crippen LogP contribution is 2.30. The van der Waals surface area contributed by atoms with E-state index in [1.165, 1.54) is 12.8 Å². The fourth-order valence-electron chi connectivity index (χ4n) is 2.44. The van der Waals surface area contributed by atoms with Crippen molar-refractivity contribution in [2.45, 2.75) is 58.1 Å². The first-order valence-corrected chi connectivity index (χ1v) is 7.16. The Morgan fingerprint density at radius 2 is 2.06 bits per heavy atom. The molecule has 4 heteroatoms. The van der Waals surface area contributed by atoms with Crippen molar-refractivity contribution in [2.24, 2.45) is 5.92 Å². The molecule has 4 nitrogen and oxygen atoms in total. The molecule has 2 aliphatic rings. The maximum atomic E-state index is 12.2. The highest BCUT2D eigenvalue weighted by Gasteiger charge is 2.36. The van der Waals surface area contributed by atoms with Crippen molar-refractivity contribution in [1.29, 1.82) is 0 Å². The number of hydrogen-bond donors (Lipinski definition) is 1. The van der Waals surface area contributed by atoms with Crippen LogP contribution in [0.25, 0.3) is 0 Å². The Hall–Kier alpha value is -0.770. The quantitative estimate of drug-likeness (QED) is 0.841. The molecule has 1 aliphatic heterocycles. The van der Waals surface area contributed by atoms with Gasteiger partial charge in [-0.15, -0.1) is 0 Å². The normalized spacial score (nSPS) is 24.7. The molecule has 1 amide bonds. The molecule has 0 bridgehead atoms. The van der Waals surface area contributed by atoms with Crippen molar-refractivity contribution in [2.75, 3.05) is 19.6 Å². The highest BCUT2D eigenvalue weighted by atomic mass is 16.6. The molecule has 104 valence electrons. The minimum absolute atomic E-state index is 0.129. The van der Waals surface area contributed by atoms with Crippen LogP contribution in [0.4, 0.5) is 4.79 Å². The lowest BCUT2D eigenvalue weighted by atomic mass is 9.99. The van der Waals surface area contributed by atoms with E-state index in [1.807, 2.05) is 25.7 Å². The molecule has 0 aromatic carbocycles. The Balaban J connectivity index is 1.88. The minimum atomic E-state index is -0.394. The van der Waals surface area contributed by atoms with Gasteiger partial charge in [0.2, 0.25) is 0 Å². The van der Waals surface area contributed by atoms with E-state index >= 15 is 0 Å². The first-order valence-electron chi connectivity index (χ1n) is 7.16. The Morgan fingerprint density at radius 3 is 2.56 bits per heavy atom. The van der Waals surface area contributed by atoms with Gasteiger partial charge in [-0.05, 0) is 65.5 Å². The monoisotopic (exact) mass is 254 g/mol. The Kier molecular flexibility index (Phi) is 4.15. The summed E-state index contributed by atoms with van der Waals surface area (Å²) in [7, 11) is 0. The third-order valence-electron chi connectivity index (χ3n) is 3.47. The van der Waals surface area contributed by atoms with Crippen LogP contribution in [0, 0.1) is 5.92 Å². The number of carbonyl (C=O) groups is 1. The number of rotatable bonds is 3. The molecule has 18 heavy (non-hydrogen) atoms. The van der Waals surface area contributed by atoms with E-state index in [0.717, 1.165) is 32.5 Å². The van der Waals surface area contributed by atoms with Gasteiger partial charge < -0.3 is 15.0 Å². The molecule has 1 atom stereocenters. The van der Waals surface area contributed by atoms with Gasteiger partial charge in [0.15, 0.2) is 0 Å². The van der Waals surface area contributed by atoms with Gasteiger partial charge in [-0.3, -0.25) is 0 Å². The summed E-state index contributed by atoms with van der Waals surface area (Å²) in [6.45, 7) is 8.79. The second-order valence-corrected chi connectivity index (χ2v) is 6.58. The average molecular weight is 254 g/mol. The minimum Gasteiger partial charge on any atom is -0.444 e. The highest BCUT2D eigenvalue weighted by molar-refractivity contribution is 5.69. The maximum absolute atomic E-state index is 12.2. The van der Waals surface area contributed by atoms with Crippen molar-refractivity contribution >= 4 is 6.09 Å². The third kappa shape index (κ3) is 4.16. The van der Waals surface area contributed by atoms with Gasteiger partial charge in [0.05, 0.1) is 0 Å². The van der Waals surface area contributed by atoms with Crippen molar-refractivity contribution in [3.05, 3.63) is 0 Å². The molecule has 2 fully saturated rings. The van der Waals surface area contributed by atoms with E-state index in [9.17, 15) is 4.79 Å². The molecule has 0 unspecified atom stereocenters. The van der Waals surface area contributed by atoms with E-state index < -0.39 is 5.60 Å². The fourth-order valence-corrected chi connectivity index (χ4v) is 2.44. The molecular weight excluding hydrogens is 228 g/mol. The average Bonchev–Trinajstić information content (AvgIpc) is 3.08. The van der Waals surface area contributed by atoms with Gasteiger partial charge in [0.25, 0.3) is 0 Å². The molecule has 1 saturated heterocycles. The van der Waals surface area contributed by atoms with Gasteiger partial charge in [-0.25, -0.2) is 4.79 Å². The molecule has 0 radical (unpaired) electrons. The summed E-state index contributed by atoms with van der Waals surface area (Å²) in [4.78, 5) is 14.2. The summed E-state index contributed by atoms with van der Waals surface area (Å²) in [6, 6.07) is 0.432. The molecule has 0 aromatic heterocycles. The molecule has 1 N–H and O–H groups in total. The van der Waals surface area contributed by atoms with Gasteiger partial charge in [-0.1, -0.05) is 0 Å². The van der Waals surface area contributed by atoms with Crippen LogP contribution in [0.2, 0.25) is 0 Å². The summed E-state index contributed by atoms with van der Waals surface area (Å²) in [6.07, 6.45) is 4.59. The molecule has 0 spiro atoms. The Labute approximate surface area is 110 Å². The summed E-state index contributed by atoms with van der Waals surface area (Å²) >= 11 is 0. The first-order chi connectivity index (χ1) is 8.46. The largest absolute Gasteiger partial charge is 0.444 e. The number of carbonyl (C=O) groups excluding carboxylic acids is 1. The third-order valence-corrected chi connectivity index (χ3v) is 3.47. The van der Waals surface area contributed by atoms with Crippen molar-refractivity contribution in [1.82, 2.24) is 10.2 Å². The molecule has 1 aliphatic carbocycles. The second-order valence-electron chi connectivity index (χ2n) is 6.58. The molecular formula is C14H26N2O2. The van der Waals surface area contributed by atoms with Crippen LogP contribution in [0.1, 0.15) is 46.5 Å². The number of nitrogens with zero attached hydrogens (tertiary/aromatic N) is 1. The van der Waals surface area contributed by atoms with Crippen LogP contribution >= 0.6 is 0 Å².